The number of nitrogens with one attached hydrogen (secondary N) is 1. The number of carbonyl (C=O) groups is 1. The highest BCUT2D eigenvalue weighted by Crippen LogP contribution is 2.16. The Morgan fingerprint density at radius 2 is 2.17 bits per heavy atom. The van der Waals surface area contributed by atoms with Crippen LogP contribution in [0.4, 0.5) is 0 Å². The Morgan fingerprint density at radius 3 is 2.72 bits per heavy atom. The van der Waals surface area contributed by atoms with Crippen molar-refractivity contribution in [3.05, 3.63) is 29.8 Å². The molecule has 0 aromatic heterocycles. The fraction of sp³-hybridized carbons (Fsp3) is 0.462. The van der Waals surface area contributed by atoms with Crippen LogP contribution in [0.3, 0.4) is 0 Å². The second-order valence-corrected chi connectivity index (χ2v) is 4.88. The molecule has 1 saturated heterocycles. The molecule has 2 atom stereocenters. The molecule has 0 amide bonds. The van der Waals surface area contributed by atoms with Gasteiger partial charge in [0.2, 0.25) is 0 Å². The topological polar surface area (TPSA) is 47.6 Å². The van der Waals surface area contributed by atoms with Crippen molar-refractivity contribution >= 4 is 17.6 Å². The van der Waals surface area contributed by atoms with Crippen LogP contribution in [0.5, 0.6) is 5.75 Å². The molecule has 98 valence electrons. The van der Waals surface area contributed by atoms with Gasteiger partial charge in [-0.3, -0.25) is 0 Å². The number of carbonyl (C=O) groups excluding carboxylic acids is 1. The van der Waals surface area contributed by atoms with Crippen LogP contribution in [0.25, 0.3) is 0 Å². The first-order chi connectivity index (χ1) is 8.69. The number of hydrogen-bond donors (Lipinski definition) is 1. The number of esters is 1. The van der Waals surface area contributed by atoms with Crippen molar-refractivity contribution in [2.45, 2.75) is 17.8 Å². The van der Waals surface area contributed by atoms with E-state index in [1.54, 1.807) is 24.3 Å². The van der Waals surface area contributed by atoms with Crippen LogP contribution in [-0.2, 0) is 4.74 Å². The second kappa shape index (κ2) is 6.07. The minimum atomic E-state index is -0.344. The van der Waals surface area contributed by atoms with E-state index < -0.39 is 0 Å². The molecule has 0 saturated carbocycles. The van der Waals surface area contributed by atoms with Crippen molar-refractivity contribution in [3.8, 4) is 5.75 Å². The van der Waals surface area contributed by atoms with Crippen LogP contribution in [0, 0.1) is 0 Å². The highest BCUT2D eigenvalue weighted by molar-refractivity contribution is 6.21. The summed E-state index contributed by atoms with van der Waals surface area (Å²) < 4.78 is 10.3. The normalized spacial score (nSPS) is 22.8. The third-order valence-electron chi connectivity index (χ3n) is 2.89. The summed E-state index contributed by atoms with van der Waals surface area (Å²) in [5, 5.41) is 3.48. The number of hydrogen-bond acceptors (Lipinski definition) is 4. The molecule has 1 aliphatic rings. The van der Waals surface area contributed by atoms with Gasteiger partial charge in [0.05, 0.1) is 12.7 Å². The van der Waals surface area contributed by atoms with Crippen LogP contribution in [0.1, 0.15) is 16.8 Å². The van der Waals surface area contributed by atoms with Crippen LogP contribution < -0.4 is 10.1 Å². The molecule has 0 unspecified atom stereocenters. The van der Waals surface area contributed by atoms with Gasteiger partial charge in [-0.1, -0.05) is 0 Å². The molecular weight excluding hydrogens is 254 g/mol. The number of ether oxygens (including phenoxy) is 2. The zero-order valence-electron chi connectivity index (χ0n) is 10.2. The summed E-state index contributed by atoms with van der Waals surface area (Å²) in [7, 11) is 1.36. The van der Waals surface area contributed by atoms with Crippen molar-refractivity contribution in [1.82, 2.24) is 5.32 Å². The van der Waals surface area contributed by atoms with Crippen LogP contribution >= 0.6 is 11.6 Å². The average molecular weight is 270 g/mol. The van der Waals surface area contributed by atoms with E-state index in [4.69, 9.17) is 16.3 Å². The van der Waals surface area contributed by atoms with E-state index in [2.05, 4.69) is 10.1 Å². The van der Waals surface area contributed by atoms with Crippen molar-refractivity contribution < 1.29 is 14.3 Å². The lowest BCUT2D eigenvalue weighted by Gasteiger charge is -2.12. The summed E-state index contributed by atoms with van der Waals surface area (Å²) in [6, 6.07) is 7.20. The lowest BCUT2D eigenvalue weighted by atomic mass is 10.2. The standard InChI is InChI=1S/C13H16ClNO3/c1-17-13(16)9-2-4-12(5-3-9)18-8-11-6-10(14)7-15-11/h2-5,10-11,15H,6-8H2,1H3/t10-,11+/m1/s1. The Balaban J connectivity index is 1.85. The summed E-state index contributed by atoms with van der Waals surface area (Å²) in [6.07, 6.45) is 0.918. The molecule has 1 fully saturated rings. The predicted octanol–water partition coefficient (Wildman–Crippen LogP) is 1.82. The predicted molar refractivity (Wildman–Crippen MR) is 69.3 cm³/mol. The van der Waals surface area contributed by atoms with Gasteiger partial charge >= 0.3 is 5.97 Å². The van der Waals surface area contributed by atoms with Gasteiger partial charge in [0.15, 0.2) is 0 Å². The number of halogens is 1. The molecular formula is C13H16ClNO3. The monoisotopic (exact) mass is 269 g/mol. The Labute approximate surface area is 111 Å². The first-order valence-electron chi connectivity index (χ1n) is 5.87. The van der Waals surface area contributed by atoms with Gasteiger partial charge in [-0.2, -0.15) is 0 Å². The molecule has 1 N–H and O–H groups in total. The maximum atomic E-state index is 11.2. The van der Waals surface area contributed by atoms with Crippen LogP contribution in [0.2, 0.25) is 0 Å². The van der Waals surface area contributed by atoms with Crippen molar-refractivity contribution in [3.63, 3.8) is 0 Å². The maximum absolute atomic E-state index is 11.2. The molecule has 5 heteroatoms. The highest BCUT2D eigenvalue weighted by Gasteiger charge is 2.22. The summed E-state index contributed by atoms with van der Waals surface area (Å²) in [5.74, 6) is 0.395. The van der Waals surface area contributed by atoms with Gasteiger partial charge in [0.1, 0.15) is 12.4 Å². The SMILES string of the molecule is COC(=O)c1ccc(OC[C@@H]2C[C@@H](Cl)CN2)cc1. The molecule has 4 nitrogen and oxygen atoms in total. The lowest BCUT2D eigenvalue weighted by molar-refractivity contribution is 0.0600. The fourth-order valence-corrected chi connectivity index (χ4v) is 2.20. The molecule has 0 radical (unpaired) electrons. The molecule has 1 heterocycles. The third-order valence-corrected chi connectivity index (χ3v) is 3.23. The van der Waals surface area contributed by atoms with E-state index in [0.29, 0.717) is 18.2 Å². The molecule has 1 aromatic carbocycles. The second-order valence-electron chi connectivity index (χ2n) is 4.27. The highest BCUT2D eigenvalue weighted by atomic mass is 35.5. The largest absolute Gasteiger partial charge is 0.492 e. The van der Waals surface area contributed by atoms with Crippen molar-refractivity contribution in [1.29, 1.82) is 0 Å². The number of rotatable bonds is 4. The molecule has 0 aliphatic carbocycles. The van der Waals surface area contributed by atoms with E-state index in [1.165, 1.54) is 7.11 Å². The quantitative estimate of drug-likeness (QED) is 0.669. The van der Waals surface area contributed by atoms with E-state index in [9.17, 15) is 4.79 Å². The van der Waals surface area contributed by atoms with Crippen molar-refractivity contribution in [2.24, 2.45) is 0 Å². The van der Waals surface area contributed by atoms with E-state index in [0.717, 1.165) is 18.7 Å². The van der Waals surface area contributed by atoms with E-state index in [-0.39, 0.29) is 11.3 Å². The minimum Gasteiger partial charge on any atom is -0.492 e. The summed E-state index contributed by atoms with van der Waals surface area (Å²) in [5.41, 5.74) is 0.518. The van der Waals surface area contributed by atoms with Gasteiger partial charge in [-0.05, 0) is 30.7 Å². The van der Waals surface area contributed by atoms with Gasteiger partial charge in [-0.25, -0.2) is 4.79 Å². The van der Waals surface area contributed by atoms with Crippen LogP contribution in [0.15, 0.2) is 24.3 Å². The molecule has 18 heavy (non-hydrogen) atoms. The van der Waals surface area contributed by atoms with E-state index in [1.807, 2.05) is 0 Å². The summed E-state index contributed by atoms with van der Waals surface area (Å²) in [4.78, 5) is 11.2. The zero-order chi connectivity index (χ0) is 13.0. The third kappa shape index (κ3) is 3.37. The fourth-order valence-electron chi connectivity index (χ4n) is 1.90. The molecule has 0 bridgehead atoms. The first kappa shape index (κ1) is 13.2. The number of alkyl halides is 1. The van der Waals surface area contributed by atoms with Gasteiger partial charge in [-0.15, -0.1) is 11.6 Å². The zero-order valence-corrected chi connectivity index (χ0v) is 10.9. The van der Waals surface area contributed by atoms with Gasteiger partial charge in [0.25, 0.3) is 0 Å². The number of benzene rings is 1. The van der Waals surface area contributed by atoms with Gasteiger partial charge in [0, 0.05) is 18.0 Å². The minimum absolute atomic E-state index is 0.195. The Kier molecular flexibility index (Phi) is 4.44. The number of methoxy groups -OCH3 is 1. The smallest absolute Gasteiger partial charge is 0.337 e. The Hall–Kier alpha value is -1.26. The average Bonchev–Trinajstić information content (AvgIpc) is 2.82. The molecule has 1 aliphatic heterocycles. The maximum Gasteiger partial charge on any atom is 0.337 e. The molecule has 2 rings (SSSR count). The van der Waals surface area contributed by atoms with Crippen molar-refractivity contribution in [2.75, 3.05) is 20.3 Å². The van der Waals surface area contributed by atoms with E-state index >= 15 is 0 Å². The lowest BCUT2D eigenvalue weighted by Crippen LogP contribution is -2.28. The Morgan fingerprint density at radius 1 is 1.44 bits per heavy atom. The molecule has 0 spiro atoms. The summed E-state index contributed by atoms with van der Waals surface area (Å²) in [6.45, 7) is 1.41. The molecule has 1 aromatic rings. The van der Waals surface area contributed by atoms with Gasteiger partial charge < -0.3 is 14.8 Å². The van der Waals surface area contributed by atoms with Crippen LogP contribution in [-0.4, -0.2) is 37.6 Å². The Bertz CT molecular complexity index is 407. The summed E-state index contributed by atoms with van der Waals surface area (Å²) >= 11 is 5.99. The first-order valence-corrected chi connectivity index (χ1v) is 6.31.